The zero-order chi connectivity index (χ0) is 18.9. The number of methoxy groups -OCH3 is 3. The summed E-state index contributed by atoms with van der Waals surface area (Å²) in [6, 6.07) is 10.3. The second kappa shape index (κ2) is 9.31. The van der Waals surface area contributed by atoms with Crippen LogP contribution in [0.15, 0.2) is 41.5 Å². The van der Waals surface area contributed by atoms with E-state index in [-0.39, 0.29) is 5.91 Å². The van der Waals surface area contributed by atoms with Crippen LogP contribution in [0.25, 0.3) is 0 Å². The van der Waals surface area contributed by atoms with Crippen LogP contribution in [0.4, 0.5) is 0 Å². The van der Waals surface area contributed by atoms with E-state index in [0.29, 0.717) is 35.2 Å². The number of carbonyl (C=O) groups excluding carboxylic acids is 1. The molecule has 0 bridgehead atoms. The Morgan fingerprint density at radius 2 is 1.77 bits per heavy atom. The summed E-state index contributed by atoms with van der Waals surface area (Å²) >= 11 is 0. The van der Waals surface area contributed by atoms with Gasteiger partial charge in [-0.25, -0.2) is 5.43 Å². The van der Waals surface area contributed by atoms with Crippen LogP contribution in [-0.4, -0.2) is 40.1 Å². The van der Waals surface area contributed by atoms with Crippen molar-refractivity contribution in [3.05, 3.63) is 47.5 Å². The van der Waals surface area contributed by atoms with Gasteiger partial charge in [-0.3, -0.25) is 4.79 Å². The maximum Gasteiger partial charge on any atom is 0.275 e. The van der Waals surface area contributed by atoms with E-state index >= 15 is 0 Å². The number of amides is 1. The molecule has 1 amide bonds. The van der Waals surface area contributed by atoms with E-state index in [4.69, 9.17) is 18.9 Å². The molecule has 0 heterocycles. The van der Waals surface area contributed by atoms with Crippen molar-refractivity contribution >= 4 is 12.1 Å². The Hall–Kier alpha value is -3.22. The van der Waals surface area contributed by atoms with E-state index in [1.807, 2.05) is 13.0 Å². The molecule has 26 heavy (non-hydrogen) atoms. The molecule has 0 aromatic heterocycles. The molecule has 0 aliphatic heterocycles. The Bertz CT molecular complexity index is 789. The summed E-state index contributed by atoms with van der Waals surface area (Å²) in [5.41, 5.74) is 3.59. The summed E-state index contributed by atoms with van der Waals surface area (Å²) < 4.78 is 21.1. The van der Waals surface area contributed by atoms with Gasteiger partial charge in [-0.15, -0.1) is 0 Å². The van der Waals surface area contributed by atoms with Gasteiger partial charge in [0.2, 0.25) is 0 Å². The Labute approximate surface area is 152 Å². The number of carbonyl (C=O) groups is 1. The maximum atomic E-state index is 12.3. The molecule has 2 aromatic rings. The summed E-state index contributed by atoms with van der Waals surface area (Å²) in [5.74, 6) is 1.86. The molecule has 0 spiro atoms. The molecular weight excluding hydrogens is 336 g/mol. The smallest absolute Gasteiger partial charge is 0.275 e. The highest BCUT2D eigenvalue weighted by molar-refractivity contribution is 5.97. The van der Waals surface area contributed by atoms with E-state index in [1.165, 1.54) is 13.3 Å². The van der Waals surface area contributed by atoms with Gasteiger partial charge in [0.15, 0.2) is 11.5 Å². The van der Waals surface area contributed by atoms with Crippen LogP contribution < -0.4 is 24.4 Å². The lowest BCUT2D eigenvalue weighted by molar-refractivity contribution is 0.0952. The van der Waals surface area contributed by atoms with Crippen molar-refractivity contribution in [1.82, 2.24) is 5.43 Å². The van der Waals surface area contributed by atoms with Crippen LogP contribution in [0.2, 0.25) is 0 Å². The lowest BCUT2D eigenvalue weighted by atomic mass is 10.2. The minimum atomic E-state index is -0.390. The lowest BCUT2D eigenvalue weighted by Gasteiger charge is -2.10. The first-order valence-corrected chi connectivity index (χ1v) is 7.99. The third-order valence-corrected chi connectivity index (χ3v) is 3.52. The van der Waals surface area contributed by atoms with Gasteiger partial charge in [0, 0.05) is 6.07 Å². The molecule has 0 radical (unpaired) electrons. The van der Waals surface area contributed by atoms with E-state index in [1.54, 1.807) is 44.6 Å². The number of hydrogen-bond acceptors (Lipinski definition) is 6. The summed E-state index contributed by atoms with van der Waals surface area (Å²) in [4.78, 5) is 12.3. The average molecular weight is 358 g/mol. The van der Waals surface area contributed by atoms with E-state index in [9.17, 15) is 4.79 Å². The molecule has 0 saturated heterocycles. The number of rotatable bonds is 8. The Morgan fingerprint density at radius 3 is 2.42 bits per heavy atom. The first-order chi connectivity index (χ1) is 12.6. The Morgan fingerprint density at radius 1 is 1.00 bits per heavy atom. The largest absolute Gasteiger partial charge is 0.497 e. The lowest BCUT2D eigenvalue weighted by Crippen LogP contribution is -2.18. The van der Waals surface area contributed by atoms with E-state index in [0.717, 1.165) is 5.56 Å². The maximum absolute atomic E-state index is 12.3. The van der Waals surface area contributed by atoms with Gasteiger partial charge in [0.1, 0.15) is 11.5 Å². The predicted molar refractivity (Wildman–Crippen MR) is 98.8 cm³/mol. The van der Waals surface area contributed by atoms with Crippen molar-refractivity contribution in [2.45, 2.75) is 6.92 Å². The van der Waals surface area contributed by atoms with Crippen molar-refractivity contribution in [3.63, 3.8) is 0 Å². The molecule has 0 atom stereocenters. The predicted octanol–water partition coefficient (Wildman–Crippen LogP) is 2.88. The Balaban J connectivity index is 2.10. The normalized spacial score (nSPS) is 10.5. The van der Waals surface area contributed by atoms with Crippen LogP contribution in [0.5, 0.6) is 23.0 Å². The molecule has 7 heteroatoms. The van der Waals surface area contributed by atoms with Crippen molar-refractivity contribution in [2.24, 2.45) is 5.10 Å². The first kappa shape index (κ1) is 19.1. The fourth-order valence-electron chi connectivity index (χ4n) is 2.25. The third-order valence-electron chi connectivity index (χ3n) is 3.52. The molecule has 0 saturated carbocycles. The van der Waals surface area contributed by atoms with Crippen LogP contribution in [0, 0.1) is 0 Å². The molecule has 0 unspecified atom stereocenters. The van der Waals surface area contributed by atoms with Crippen molar-refractivity contribution in [1.29, 1.82) is 0 Å². The molecule has 0 fully saturated rings. The topological polar surface area (TPSA) is 78.4 Å². The van der Waals surface area contributed by atoms with Gasteiger partial charge >= 0.3 is 0 Å². The minimum absolute atomic E-state index is 0.357. The molecule has 0 aliphatic rings. The SMILES string of the molecule is CCOc1cc(/C=N\NC(=O)c2ccc(OC)cc2OC)ccc1OC. The van der Waals surface area contributed by atoms with Crippen LogP contribution in [0.3, 0.4) is 0 Å². The quantitative estimate of drug-likeness (QED) is 0.580. The molecule has 2 rings (SSSR count). The Kier molecular flexibility index (Phi) is 6.84. The zero-order valence-electron chi connectivity index (χ0n) is 15.2. The number of ether oxygens (including phenoxy) is 4. The fraction of sp³-hybridized carbons (Fsp3) is 0.263. The first-order valence-electron chi connectivity index (χ1n) is 7.99. The number of nitrogens with zero attached hydrogens (tertiary/aromatic N) is 1. The van der Waals surface area contributed by atoms with Crippen molar-refractivity contribution in [3.8, 4) is 23.0 Å². The molecule has 1 N–H and O–H groups in total. The van der Waals surface area contributed by atoms with Gasteiger partial charge < -0.3 is 18.9 Å². The second-order valence-electron chi connectivity index (χ2n) is 5.11. The minimum Gasteiger partial charge on any atom is -0.497 e. The molecule has 2 aromatic carbocycles. The average Bonchev–Trinajstić information content (AvgIpc) is 2.67. The summed E-state index contributed by atoms with van der Waals surface area (Å²) in [5, 5.41) is 3.98. The summed E-state index contributed by atoms with van der Waals surface area (Å²) in [7, 11) is 4.61. The van der Waals surface area contributed by atoms with Gasteiger partial charge in [0.25, 0.3) is 5.91 Å². The number of benzene rings is 2. The molecule has 138 valence electrons. The van der Waals surface area contributed by atoms with Gasteiger partial charge in [-0.2, -0.15) is 5.10 Å². The second-order valence-corrected chi connectivity index (χ2v) is 5.11. The highest BCUT2D eigenvalue weighted by Gasteiger charge is 2.12. The zero-order valence-corrected chi connectivity index (χ0v) is 15.2. The van der Waals surface area contributed by atoms with Crippen LogP contribution in [-0.2, 0) is 0 Å². The van der Waals surface area contributed by atoms with Gasteiger partial charge in [-0.05, 0) is 42.8 Å². The van der Waals surface area contributed by atoms with E-state index in [2.05, 4.69) is 10.5 Å². The highest BCUT2D eigenvalue weighted by Crippen LogP contribution is 2.27. The number of nitrogens with one attached hydrogen (secondary N) is 1. The molecule has 0 aliphatic carbocycles. The highest BCUT2D eigenvalue weighted by atomic mass is 16.5. The summed E-state index contributed by atoms with van der Waals surface area (Å²) in [6.07, 6.45) is 1.52. The third kappa shape index (κ3) is 4.66. The van der Waals surface area contributed by atoms with Crippen LogP contribution >= 0.6 is 0 Å². The summed E-state index contributed by atoms with van der Waals surface area (Å²) in [6.45, 7) is 2.41. The molecule has 7 nitrogen and oxygen atoms in total. The van der Waals surface area contributed by atoms with Crippen molar-refractivity contribution < 1.29 is 23.7 Å². The van der Waals surface area contributed by atoms with Gasteiger partial charge in [0.05, 0.1) is 39.7 Å². The fourth-order valence-corrected chi connectivity index (χ4v) is 2.25. The van der Waals surface area contributed by atoms with Gasteiger partial charge in [-0.1, -0.05) is 0 Å². The number of hydrazone groups is 1. The standard InChI is InChI=1S/C19H22N2O5/c1-5-26-18-10-13(6-9-16(18)24-3)12-20-21-19(22)15-8-7-14(23-2)11-17(15)25-4/h6-12H,5H2,1-4H3,(H,21,22)/b20-12-. The number of hydrogen-bond donors (Lipinski definition) is 1. The van der Waals surface area contributed by atoms with E-state index < -0.39 is 0 Å². The molecular formula is C19H22N2O5. The monoisotopic (exact) mass is 358 g/mol. The van der Waals surface area contributed by atoms with Crippen LogP contribution in [0.1, 0.15) is 22.8 Å². The van der Waals surface area contributed by atoms with Crippen molar-refractivity contribution in [2.75, 3.05) is 27.9 Å².